The van der Waals surface area contributed by atoms with Gasteiger partial charge in [0.1, 0.15) is 10.7 Å². The zero-order valence-corrected chi connectivity index (χ0v) is 14.0. The highest BCUT2D eigenvalue weighted by Crippen LogP contribution is 2.28. The van der Waals surface area contributed by atoms with Gasteiger partial charge in [0.2, 0.25) is 0 Å². The molecule has 0 spiro atoms. The standard InChI is InChI=1S/C15H14FNO4S2/c1-21-15(18)10-7-8-11(16)14(9-10)23(19,20)17-12-5-3-4-6-13(12)22-2/h3-9,17H,1-2H3. The van der Waals surface area contributed by atoms with Crippen LogP contribution in [0, 0.1) is 5.82 Å². The summed E-state index contributed by atoms with van der Waals surface area (Å²) in [5.41, 5.74) is 0.287. The lowest BCUT2D eigenvalue weighted by Gasteiger charge is -2.12. The van der Waals surface area contributed by atoms with Crippen LogP contribution in [0.25, 0.3) is 0 Å². The molecule has 2 aromatic rings. The topological polar surface area (TPSA) is 72.5 Å². The third kappa shape index (κ3) is 3.83. The Balaban J connectivity index is 2.45. The third-order valence-corrected chi connectivity index (χ3v) is 5.17. The molecule has 0 radical (unpaired) electrons. The van der Waals surface area contributed by atoms with Crippen LogP contribution in [0.5, 0.6) is 0 Å². The molecule has 0 bridgehead atoms. The van der Waals surface area contributed by atoms with Gasteiger partial charge in [-0.25, -0.2) is 17.6 Å². The molecular weight excluding hydrogens is 341 g/mol. The molecule has 5 nitrogen and oxygen atoms in total. The van der Waals surface area contributed by atoms with Crippen molar-refractivity contribution in [3.63, 3.8) is 0 Å². The largest absolute Gasteiger partial charge is 0.465 e. The number of ether oxygens (including phenoxy) is 1. The molecule has 0 aliphatic heterocycles. The van der Waals surface area contributed by atoms with Crippen molar-refractivity contribution >= 4 is 33.4 Å². The first-order valence-electron chi connectivity index (χ1n) is 6.42. The molecule has 0 heterocycles. The van der Waals surface area contributed by atoms with E-state index in [1.165, 1.54) is 11.8 Å². The van der Waals surface area contributed by atoms with Gasteiger partial charge >= 0.3 is 5.97 Å². The third-order valence-electron chi connectivity index (χ3n) is 2.99. The smallest absolute Gasteiger partial charge is 0.337 e. The van der Waals surface area contributed by atoms with Crippen molar-refractivity contribution in [3.8, 4) is 0 Å². The maximum Gasteiger partial charge on any atom is 0.337 e. The quantitative estimate of drug-likeness (QED) is 0.659. The molecule has 0 atom stereocenters. The van der Waals surface area contributed by atoms with Gasteiger partial charge in [0.05, 0.1) is 18.4 Å². The second-order valence-corrected chi connectivity index (χ2v) is 6.94. The van der Waals surface area contributed by atoms with Crippen LogP contribution in [0.15, 0.2) is 52.3 Å². The van der Waals surface area contributed by atoms with Gasteiger partial charge in [-0.05, 0) is 36.6 Å². The fraction of sp³-hybridized carbons (Fsp3) is 0.133. The monoisotopic (exact) mass is 355 g/mol. The van der Waals surface area contributed by atoms with Gasteiger partial charge in [-0.1, -0.05) is 12.1 Å². The summed E-state index contributed by atoms with van der Waals surface area (Å²) in [7, 11) is -3.03. The maximum atomic E-state index is 13.9. The van der Waals surface area contributed by atoms with Crippen LogP contribution in [0.3, 0.4) is 0 Å². The number of anilines is 1. The van der Waals surface area contributed by atoms with Gasteiger partial charge in [0.25, 0.3) is 10.0 Å². The van der Waals surface area contributed by atoms with E-state index in [2.05, 4.69) is 9.46 Å². The van der Waals surface area contributed by atoms with Crippen molar-refractivity contribution in [2.45, 2.75) is 9.79 Å². The molecule has 2 rings (SSSR count). The van der Waals surface area contributed by atoms with E-state index in [9.17, 15) is 17.6 Å². The van der Waals surface area contributed by atoms with E-state index < -0.39 is 26.7 Å². The number of methoxy groups -OCH3 is 1. The van der Waals surface area contributed by atoms with E-state index in [1.54, 1.807) is 30.5 Å². The molecule has 0 fully saturated rings. The van der Waals surface area contributed by atoms with Crippen LogP contribution >= 0.6 is 11.8 Å². The molecule has 0 aromatic heterocycles. The van der Waals surface area contributed by atoms with Crippen molar-refractivity contribution in [2.24, 2.45) is 0 Å². The van der Waals surface area contributed by atoms with Gasteiger partial charge in [-0.2, -0.15) is 0 Å². The minimum atomic E-state index is -4.19. The van der Waals surface area contributed by atoms with E-state index >= 15 is 0 Å². The predicted molar refractivity (Wildman–Crippen MR) is 86.8 cm³/mol. The van der Waals surface area contributed by atoms with E-state index in [0.717, 1.165) is 25.3 Å². The Morgan fingerprint density at radius 3 is 2.57 bits per heavy atom. The van der Waals surface area contributed by atoms with Crippen LogP contribution in [0.2, 0.25) is 0 Å². The number of thioether (sulfide) groups is 1. The molecule has 122 valence electrons. The highest BCUT2D eigenvalue weighted by molar-refractivity contribution is 7.99. The first kappa shape index (κ1) is 17.3. The minimum Gasteiger partial charge on any atom is -0.465 e. The molecule has 0 saturated heterocycles. The Bertz CT molecular complexity index is 837. The summed E-state index contributed by atoms with van der Waals surface area (Å²) in [5.74, 6) is -1.70. The molecule has 8 heteroatoms. The summed E-state index contributed by atoms with van der Waals surface area (Å²) >= 11 is 1.35. The van der Waals surface area contributed by atoms with E-state index in [-0.39, 0.29) is 5.56 Å². The molecule has 23 heavy (non-hydrogen) atoms. The van der Waals surface area contributed by atoms with Gasteiger partial charge in [-0.3, -0.25) is 4.72 Å². The number of carbonyl (C=O) groups excluding carboxylic acids is 1. The van der Waals surface area contributed by atoms with Gasteiger partial charge in [0.15, 0.2) is 0 Å². The number of esters is 1. The number of rotatable bonds is 5. The molecule has 2 aromatic carbocycles. The maximum absolute atomic E-state index is 13.9. The second kappa shape index (κ2) is 7.01. The van der Waals surface area contributed by atoms with Crippen molar-refractivity contribution < 1.29 is 22.3 Å². The zero-order chi connectivity index (χ0) is 17.0. The highest BCUT2D eigenvalue weighted by atomic mass is 32.2. The lowest BCUT2D eigenvalue weighted by molar-refractivity contribution is 0.0600. The van der Waals surface area contributed by atoms with E-state index in [4.69, 9.17) is 0 Å². The van der Waals surface area contributed by atoms with Crippen LogP contribution in [0.1, 0.15) is 10.4 Å². The minimum absolute atomic E-state index is 0.0487. The number of nitrogens with one attached hydrogen (secondary N) is 1. The molecule has 0 aliphatic rings. The zero-order valence-electron chi connectivity index (χ0n) is 12.4. The summed E-state index contributed by atoms with van der Waals surface area (Å²) in [6, 6.07) is 9.78. The highest BCUT2D eigenvalue weighted by Gasteiger charge is 2.22. The Morgan fingerprint density at radius 1 is 1.22 bits per heavy atom. The number of hydrogen-bond donors (Lipinski definition) is 1. The normalized spacial score (nSPS) is 11.1. The van der Waals surface area contributed by atoms with Crippen LogP contribution in [-0.2, 0) is 14.8 Å². The van der Waals surface area contributed by atoms with Gasteiger partial charge < -0.3 is 4.74 Å². The number of halogens is 1. The first-order valence-corrected chi connectivity index (χ1v) is 9.13. The Labute approximate surface area is 137 Å². The fourth-order valence-electron chi connectivity index (χ4n) is 1.88. The van der Waals surface area contributed by atoms with E-state index in [0.29, 0.717) is 10.6 Å². The summed E-state index contributed by atoms with van der Waals surface area (Å²) in [6.07, 6.45) is 1.80. The summed E-state index contributed by atoms with van der Waals surface area (Å²) < 4.78 is 45.7. The molecule has 0 saturated carbocycles. The number of carbonyl (C=O) groups is 1. The van der Waals surface area contributed by atoms with Crippen LogP contribution in [0.4, 0.5) is 10.1 Å². The predicted octanol–water partition coefficient (Wildman–Crippen LogP) is 3.14. The SMILES string of the molecule is COC(=O)c1ccc(F)c(S(=O)(=O)Nc2ccccc2SC)c1. The van der Waals surface area contributed by atoms with Gasteiger partial charge in [0, 0.05) is 4.90 Å². The lowest BCUT2D eigenvalue weighted by atomic mass is 10.2. The average molecular weight is 355 g/mol. The van der Waals surface area contributed by atoms with Crippen molar-refractivity contribution in [3.05, 3.63) is 53.8 Å². The number of benzene rings is 2. The first-order chi connectivity index (χ1) is 10.9. The van der Waals surface area contributed by atoms with Gasteiger partial charge in [-0.15, -0.1) is 11.8 Å². The average Bonchev–Trinajstić information content (AvgIpc) is 2.54. The van der Waals surface area contributed by atoms with Crippen LogP contribution in [-0.4, -0.2) is 27.8 Å². The second-order valence-electron chi connectivity index (χ2n) is 4.44. The molecule has 0 amide bonds. The fourth-order valence-corrected chi connectivity index (χ4v) is 3.69. The van der Waals surface area contributed by atoms with Crippen LogP contribution < -0.4 is 4.72 Å². The molecule has 0 aliphatic carbocycles. The Morgan fingerprint density at radius 2 is 1.91 bits per heavy atom. The van der Waals surface area contributed by atoms with E-state index in [1.807, 2.05) is 0 Å². The van der Waals surface area contributed by atoms with Crippen molar-refractivity contribution in [1.82, 2.24) is 0 Å². The van der Waals surface area contributed by atoms with Crippen molar-refractivity contribution in [1.29, 1.82) is 0 Å². The summed E-state index contributed by atoms with van der Waals surface area (Å²) in [5, 5.41) is 0. The number of para-hydroxylation sites is 1. The Hall–Kier alpha value is -2.06. The summed E-state index contributed by atoms with van der Waals surface area (Å²) in [6.45, 7) is 0. The molecular formula is C15H14FNO4S2. The Kier molecular flexibility index (Phi) is 5.27. The summed E-state index contributed by atoms with van der Waals surface area (Å²) in [4.78, 5) is 11.6. The molecule has 0 unspecified atom stereocenters. The molecule has 1 N–H and O–H groups in total. The number of hydrogen-bond acceptors (Lipinski definition) is 5. The number of sulfonamides is 1. The van der Waals surface area contributed by atoms with Crippen molar-refractivity contribution in [2.75, 3.05) is 18.1 Å². The lowest BCUT2D eigenvalue weighted by Crippen LogP contribution is -2.16.